The molecule has 0 bridgehead atoms. The molecule has 2 unspecified atom stereocenters. The molecule has 148 valence electrons. The standard InChI is InChI=1S/C24H29NO3/c1-2-28-24(27)23(21-15-9-10-16-22(21)26)25(17-19-11-5-3-6-12-19)18-20-13-7-4-8-14-20/h3-8,11-14,21,23H,2,9-10,15-18H2,1H3. The summed E-state index contributed by atoms with van der Waals surface area (Å²) in [4.78, 5) is 27.8. The number of nitrogens with zero attached hydrogens (tertiary/aromatic N) is 1. The van der Waals surface area contributed by atoms with E-state index in [1.807, 2.05) is 43.3 Å². The Balaban J connectivity index is 1.93. The fraction of sp³-hybridized carbons (Fsp3) is 0.417. The van der Waals surface area contributed by atoms with Crippen LogP contribution in [0.3, 0.4) is 0 Å². The van der Waals surface area contributed by atoms with Gasteiger partial charge in [0.2, 0.25) is 0 Å². The summed E-state index contributed by atoms with van der Waals surface area (Å²) >= 11 is 0. The molecule has 1 aliphatic rings. The molecule has 3 rings (SSSR count). The number of ether oxygens (including phenoxy) is 1. The van der Waals surface area contributed by atoms with Crippen molar-refractivity contribution >= 4 is 11.8 Å². The van der Waals surface area contributed by atoms with E-state index in [-0.39, 0.29) is 17.7 Å². The van der Waals surface area contributed by atoms with Crippen molar-refractivity contribution in [3.63, 3.8) is 0 Å². The molecule has 2 aromatic carbocycles. The zero-order chi connectivity index (χ0) is 19.8. The molecule has 0 saturated heterocycles. The molecule has 4 heteroatoms. The zero-order valence-corrected chi connectivity index (χ0v) is 16.5. The maximum atomic E-state index is 13.0. The first-order valence-electron chi connectivity index (χ1n) is 10.2. The summed E-state index contributed by atoms with van der Waals surface area (Å²) in [5.74, 6) is -0.384. The van der Waals surface area contributed by atoms with Gasteiger partial charge in [-0.15, -0.1) is 0 Å². The first-order valence-corrected chi connectivity index (χ1v) is 10.2. The number of rotatable bonds is 8. The Morgan fingerprint density at radius 1 is 1.00 bits per heavy atom. The van der Waals surface area contributed by atoms with Gasteiger partial charge in [0.1, 0.15) is 11.8 Å². The number of esters is 1. The van der Waals surface area contributed by atoms with Gasteiger partial charge in [-0.05, 0) is 30.9 Å². The monoisotopic (exact) mass is 379 g/mol. The number of carbonyl (C=O) groups excluding carboxylic acids is 2. The SMILES string of the molecule is CCOC(=O)C(C1CCCCC1=O)N(Cc1ccccc1)Cc1ccccc1. The van der Waals surface area contributed by atoms with E-state index in [4.69, 9.17) is 4.74 Å². The molecule has 1 saturated carbocycles. The third-order valence-electron chi connectivity index (χ3n) is 5.36. The smallest absolute Gasteiger partial charge is 0.324 e. The highest BCUT2D eigenvalue weighted by molar-refractivity contribution is 5.89. The molecule has 0 amide bonds. The Morgan fingerprint density at radius 3 is 2.07 bits per heavy atom. The average molecular weight is 380 g/mol. The summed E-state index contributed by atoms with van der Waals surface area (Å²) in [7, 11) is 0. The molecule has 1 aliphatic carbocycles. The van der Waals surface area contributed by atoms with Crippen LogP contribution >= 0.6 is 0 Å². The minimum Gasteiger partial charge on any atom is -0.465 e. The van der Waals surface area contributed by atoms with Crippen molar-refractivity contribution in [2.24, 2.45) is 5.92 Å². The third kappa shape index (κ3) is 5.29. The van der Waals surface area contributed by atoms with Crippen molar-refractivity contribution < 1.29 is 14.3 Å². The maximum Gasteiger partial charge on any atom is 0.324 e. The normalized spacial score (nSPS) is 18.1. The zero-order valence-electron chi connectivity index (χ0n) is 16.5. The molecule has 0 aliphatic heterocycles. The third-order valence-corrected chi connectivity index (χ3v) is 5.36. The molecule has 4 nitrogen and oxygen atoms in total. The maximum absolute atomic E-state index is 13.0. The van der Waals surface area contributed by atoms with Crippen LogP contribution in [-0.2, 0) is 27.4 Å². The number of hydrogen-bond donors (Lipinski definition) is 0. The van der Waals surface area contributed by atoms with Crippen molar-refractivity contribution in [1.29, 1.82) is 0 Å². The van der Waals surface area contributed by atoms with Gasteiger partial charge in [0, 0.05) is 25.4 Å². The second kappa shape index (κ2) is 10.2. The fourth-order valence-corrected chi connectivity index (χ4v) is 4.03. The number of ketones is 1. The molecule has 1 fully saturated rings. The summed E-state index contributed by atoms with van der Waals surface area (Å²) in [6.45, 7) is 3.34. The van der Waals surface area contributed by atoms with E-state index < -0.39 is 6.04 Å². The lowest BCUT2D eigenvalue weighted by Gasteiger charge is -2.36. The van der Waals surface area contributed by atoms with Crippen LogP contribution in [0.1, 0.15) is 43.7 Å². The quantitative estimate of drug-likeness (QED) is 0.639. The largest absolute Gasteiger partial charge is 0.465 e. The van der Waals surface area contributed by atoms with Gasteiger partial charge in [-0.25, -0.2) is 0 Å². The molecular formula is C24H29NO3. The summed E-state index contributed by atoms with van der Waals surface area (Å²) in [5, 5.41) is 0. The summed E-state index contributed by atoms with van der Waals surface area (Å²) in [6, 6.07) is 19.7. The van der Waals surface area contributed by atoms with E-state index in [0.717, 1.165) is 30.4 Å². The molecule has 2 aromatic rings. The Hall–Kier alpha value is -2.46. The van der Waals surface area contributed by atoms with Gasteiger partial charge in [-0.1, -0.05) is 67.1 Å². The van der Waals surface area contributed by atoms with Crippen LogP contribution in [0.25, 0.3) is 0 Å². The molecular weight excluding hydrogens is 350 g/mol. The van der Waals surface area contributed by atoms with Gasteiger partial charge < -0.3 is 4.74 Å². The fourth-order valence-electron chi connectivity index (χ4n) is 4.03. The molecule has 2 atom stereocenters. The van der Waals surface area contributed by atoms with E-state index in [9.17, 15) is 9.59 Å². The Bertz CT molecular complexity index is 718. The second-order valence-corrected chi connectivity index (χ2v) is 7.39. The second-order valence-electron chi connectivity index (χ2n) is 7.39. The Kier molecular flexibility index (Phi) is 7.38. The van der Waals surface area contributed by atoms with Crippen LogP contribution in [0, 0.1) is 5.92 Å². The van der Waals surface area contributed by atoms with E-state index in [2.05, 4.69) is 29.2 Å². The van der Waals surface area contributed by atoms with Crippen molar-refractivity contribution in [1.82, 2.24) is 4.90 Å². The molecule has 0 N–H and O–H groups in total. The van der Waals surface area contributed by atoms with Crippen LogP contribution in [-0.4, -0.2) is 29.3 Å². The lowest BCUT2D eigenvalue weighted by Crippen LogP contribution is -2.49. The van der Waals surface area contributed by atoms with E-state index in [0.29, 0.717) is 26.1 Å². The van der Waals surface area contributed by atoms with Gasteiger partial charge in [-0.2, -0.15) is 0 Å². The molecule has 0 aromatic heterocycles. The lowest BCUT2D eigenvalue weighted by molar-refractivity contribution is -0.156. The molecule has 0 heterocycles. The highest BCUT2D eigenvalue weighted by atomic mass is 16.5. The van der Waals surface area contributed by atoms with Crippen LogP contribution in [0.2, 0.25) is 0 Å². The van der Waals surface area contributed by atoms with Gasteiger partial charge in [-0.3, -0.25) is 14.5 Å². The van der Waals surface area contributed by atoms with Crippen LogP contribution in [0.5, 0.6) is 0 Å². The van der Waals surface area contributed by atoms with Crippen molar-refractivity contribution in [3.8, 4) is 0 Å². The number of carbonyl (C=O) groups is 2. The summed E-state index contributed by atoms with van der Waals surface area (Å²) < 4.78 is 5.43. The summed E-state index contributed by atoms with van der Waals surface area (Å²) in [5.41, 5.74) is 2.24. The van der Waals surface area contributed by atoms with E-state index in [1.165, 1.54) is 0 Å². The lowest BCUT2D eigenvalue weighted by atomic mass is 9.81. The number of Topliss-reactive ketones (excluding diaryl/α,β-unsaturated/α-hetero) is 1. The van der Waals surface area contributed by atoms with E-state index >= 15 is 0 Å². The first kappa shape index (κ1) is 20.3. The molecule has 0 spiro atoms. The van der Waals surface area contributed by atoms with Gasteiger partial charge in [0.25, 0.3) is 0 Å². The minimum atomic E-state index is -0.548. The van der Waals surface area contributed by atoms with Gasteiger partial charge >= 0.3 is 5.97 Å². The van der Waals surface area contributed by atoms with Gasteiger partial charge in [0.05, 0.1) is 6.61 Å². The van der Waals surface area contributed by atoms with Gasteiger partial charge in [0.15, 0.2) is 0 Å². The van der Waals surface area contributed by atoms with Crippen molar-refractivity contribution in [2.45, 2.75) is 51.7 Å². The first-order chi connectivity index (χ1) is 13.7. The Labute approximate surface area is 167 Å². The highest BCUT2D eigenvalue weighted by Crippen LogP contribution is 2.29. The average Bonchev–Trinajstić information content (AvgIpc) is 2.71. The minimum absolute atomic E-state index is 0.190. The highest BCUT2D eigenvalue weighted by Gasteiger charge is 2.39. The predicted octanol–water partition coefficient (Wildman–Crippen LogP) is 4.38. The molecule has 0 radical (unpaired) electrons. The van der Waals surface area contributed by atoms with E-state index in [1.54, 1.807) is 0 Å². The van der Waals surface area contributed by atoms with Crippen molar-refractivity contribution in [2.75, 3.05) is 6.61 Å². The topological polar surface area (TPSA) is 46.6 Å². The number of hydrogen-bond acceptors (Lipinski definition) is 4. The molecule has 28 heavy (non-hydrogen) atoms. The van der Waals surface area contributed by atoms with Crippen LogP contribution in [0.4, 0.5) is 0 Å². The Morgan fingerprint density at radius 2 is 1.57 bits per heavy atom. The predicted molar refractivity (Wildman–Crippen MR) is 110 cm³/mol. The van der Waals surface area contributed by atoms with Crippen LogP contribution < -0.4 is 0 Å². The van der Waals surface area contributed by atoms with Crippen molar-refractivity contribution in [3.05, 3.63) is 71.8 Å². The van der Waals surface area contributed by atoms with Crippen LogP contribution in [0.15, 0.2) is 60.7 Å². The number of benzene rings is 2. The summed E-state index contributed by atoms with van der Waals surface area (Å²) in [6.07, 6.45) is 3.21.